The van der Waals surface area contributed by atoms with Crippen LogP contribution in [0.15, 0.2) is 146 Å². The van der Waals surface area contributed by atoms with Crippen LogP contribution in [0, 0.1) is 0 Å². The SMILES string of the molecule is CC/C=C\C/C=C\C/C=C\C/C=C\C/C=C\CCCC(=O)OCC(COP(=O)(O)OCC(O)COP(=O)(O)OCC(COC(=O)CCCCCC/C=C\C/C=C\C/C=C\C/C=C\CC)OC(=O)CCCCCCC/C=C\CCCCCC)OC(=O)CCCCCCC/C=C\C/C=C\CCC. The van der Waals surface area contributed by atoms with Crippen LogP contribution in [0.3, 0.4) is 0 Å². The standard InChI is InChI=1S/C81H134O17P2/c1-5-9-13-17-21-25-29-33-35-37-39-43-45-49-53-57-61-65-78(83)91-71-76(97-80(85)67-63-59-55-51-47-41-31-27-23-19-15-11-7-3)73-95-99(87,88)93-69-75(82)70-94-100(89,90)96-74-77(98-81(86)68-64-60-56-52-48-42-32-28-24-20-16-12-8-4)72-92-79(84)66-62-58-54-50-46-44-40-38-36-34-30-26-22-18-14-10-6-2/h9-10,13-15,19,21-22,25-28,31-36,39-40,43-44,49,53,75-77,82H,5-8,11-12,16-18,20,23-24,29-30,37-38,41-42,45-48,50-52,54-74H2,1-4H3,(H,87,88)(H,89,90)/b13-9-,14-10-,19-15-,25-21-,26-22-,31-27-,32-28-,35-33-,36-34-,43-39-,44-40-,53-49-. The van der Waals surface area contributed by atoms with E-state index in [4.69, 9.17) is 37.0 Å². The molecule has 0 bridgehead atoms. The first-order valence-electron chi connectivity index (χ1n) is 38.1. The van der Waals surface area contributed by atoms with Gasteiger partial charge in [0.05, 0.1) is 26.4 Å². The van der Waals surface area contributed by atoms with Gasteiger partial charge < -0.3 is 33.8 Å². The Morgan fingerprint density at radius 1 is 0.290 bits per heavy atom. The fourth-order valence-corrected chi connectivity index (χ4v) is 11.1. The van der Waals surface area contributed by atoms with Crippen molar-refractivity contribution in [1.82, 2.24) is 0 Å². The second-order valence-corrected chi connectivity index (χ2v) is 27.7. The summed E-state index contributed by atoms with van der Waals surface area (Å²) in [5, 5.41) is 10.6. The maximum absolute atomic E-state index is 13.1. The van der Waals surface area contributed by atoms with E-state index in [2.05, 4.69) is 161 Å². The van der Waals surface area contributed by atoms with Gasteiger partial charge in [-0.2, -0.15) is 0 Å². The zero-order valence-corrected chi connectivity index (χ0v) is 63.9. The number of aliphatic hydroxyl groups excluding tert-OH is 1. The Labute approximate surface area is 605 Å². The molecule has 0 aromatic heterocycles. The van der Waals surface area contributed by atoms with Gasteiger partial charge in [0.25, 0.3) is 0 Å². The van der Waals surface area contributed by atoms with Gasteiger partial charge in [-0.3, -0.25) is 37.3 Å². The number of esters is 4. The second kappa shape index (κ2) is 72.3. The molecule has 0 saturated carbocycles. The first-order valence-corrected chi connectivity index (χ1v) is 41.1. The monoisotopic (exact) mass is 1440 g/mol. The van der Waals surface area contributed by atoms with Crippen LogP contribution in [-0.4, -0.2) is 96.7 Å². The van der Waals surface area contributed by atoms with Gasteiger partial charge in [0, 0.05) is 25.7 Å². The summed E-state index contributed by atoms with van der Waals surface area (Å²) in [7, 11) is -9.99. The van der Waals surface area contributed by atoms with Gasteiger partial charge in [0.15, 0.2) is 12.2 Å². The average Bonchev–Trinajstić information content (AvgIpc) is 0.943. The van der Waals surface area contributed by atoms with Crippen molar-refractivity contribution < 1.29 is 80.2 Å². The fraction of sp³-hybridized carbons (Fsp3) is 0.654. The maximum atomic E-state index is 13.1. The van der Waals surface area contributed by atoms with Crippen LogP contribution < -0.4 is 0 Å². The number of allylic oxidation sites excluding steroid dienone is 24. The molecular weight excluding hydrogens is 1310 g/mol. The predicted molar refractivity (Wildman–Crippen MR) is 408 cm³/mol. The molecule has 0 radical (unpaired) electrons. The number of carbonyl (C=O) groups is 4. The van der Waals surface area contributed by atoms with Crippen LogP contribution in [0.25, 0.3) is 0 Å². The first kappa shape index (κ1) is 94.9. The van der Waals surface area contributed by atoms with E-state index in [-0.39, 0.29) is 25.7 Å². The van der Waals surface area contributed by atoms with E-state index in [0.29, 0.717) is 32.1 Å². The van der Waals surface area contributed by atoms with Crippen molar-refractivity contribution in [3.63, 3.8) is 0 Å². The largest absolute Gasteiger partial charge is 0.472 e. The first-order chi connectivity index (χ1) is 48.7. The number of hydrogen-bond acceptors (Lipinski definition) is 15. The third kappa shape index (κ3) is 71.3. The van der Waals surface area contributed by atoms with E-state index in [1.807, 2.05) is 12.2 Å². The molecule has 0 aromatic rings. The summed E-state index contributed by atoms with van der Waals surface area (Å²) in [5.74, 6) is -2.30. The Morgan fingerprint density at radius 3 is 0.890 bits per heavy atom. The molecule has 0 fully saturated rings. The molecule has 0 aliphatic rings. The molecule has 100 heavy (non-hydrogen) atoms. The number of phosphoric acid groups is 2. The molecule has 19 heteroatoms. The molecule has 0 aliphatic heterocycles. The number of carbonyl (C=O) groups excluding carboxylic acids is 4. The fourth-order valence-electron chi connectivity index (χ4n) is 9.51. The Hall–Kier alpha value is -5.06. The normalized spacial score (nSPS) is 14.8. The van der Waals surface area contributed by atoms with Gasteiger partial charge in [-0.1, -0.05) is 251 Å². The van der Waals surface area contributed by atoms with Crippen molar-refractivity contribution in [2.24, 2.45) is 0 Å². The summed E-state index contributed by atoms with van der Waals surface area (Å²) in [6.45, 7) is 4.43. The number of phosphoric ester groups is 2. The highest BCUT2D eigenvalue weighted by molar-refractivity contribution is 7.47. The summed E-state index contributed by atoms with van der Waals surface area (Å²) < 4.78 is 68.4. The van der Waals surface area contributed by atoms with E-state index in [1.165, 1.54) is 25.7 Å². The van der Waals surface area contributed by atoms with Gasteiger partial charge in [0.1, 0.15) is 19.3 Å². The van der Waals surface area contributed by atoms with E-state index >= 15 is 0 Å². The third-order valence-electron chi connectivity index (χ3n) is 15.2. The van der Waals surface area contributed by atoms with Gasteiger partial charge in [0.2, 0.25) is 0 Å². The number of unbranched alkanes of at least 4 members (excludes halogenated alkanes) is 20. The molecule has 0 aromatic carbocycles. The van der Waals surface area contributed by atoms with Crippen LogP contribution in [0.2, 0.25) is 0 Å². The van der Waals surface area contributed by atoms with Crippen molar-refractivity contribution in [2.45, 2.75) is 303 Å². The second-order valence-electron chi connectivity index (χ2n) is 24.8. The minimum atomic E-state index is -5.00. The van der Waals surface area contributed by atoms with Gasteiger partial charge in [-0.25, -0.2) is 9.13 Å². The number of ether oxygens (including phenoxy) is 4. The maximum Gasteiger partial charge on any atom is 0.472 e. The van der Waals surface area contributed by atoms with Gasteiger partial charge in [-0.15, -0.1) is 0 Å². The molecule has 0 rings (SSSR count). The zero-order chi connectivity index (χ0) is 73.2. The lowest BCUT2D eigenvalue weighted by atomic mass is 10.1. The molecule has 5 unspecified atom stereocenters. The highest BCUT2D eigenvalue weighted by Crippen LogP contribution is 2.45. The predicted octanol–water partition coefficient (Wildman–Crippen LogP) is 21.9. The lowest BCUT2D eigenvalue weighted by molar-refractivity contribution is -0.161. The van der Waals surface area contributed by atoms with E-state index in [0.717, 1.165) is 173 Å². The van der Waals surface area contributed by atoms with Crippen molar-refractivity contribution in [2.75, 3.05) is 39.6 Å². The van der Waals surface area contributed by atoms with E-state index in [9.17, 15) is 43.2 Å². The molecular formula is C81H134O17P2. The molecule has 0 aliphatic carbocycles. The van der Waals surface area contributed by atoms with Crippen LogP contribution in [0.4, 0.5) is 0 Å². The number of hydrogen-bond donors (Lipinski definition) is 3. The van der Waals surface area contributed by atoms with Gasteiger partial charge >= 0.3 is 39.5 Å². The highest BCUT2D eigenvalue weighted by atomic mass is 31.2. The number of rotatable bonds is 70. The Balaban J connectivity index is 5.43. The quantitative estimate of drug-likeness (QED) is 0.0169. The average molecular weight is 1440 g/mol. The highest BCUT2D eigenvalue weighted by Gasteiger charge is 2.30. The van der Waals surface area contributed by atoms with Crippen molar-refractivity contribution in [3.05, 3.63) is 146 Å². The minimum Gasteiger partial charge on any atom is -0.462 e. The molecule has 17 nitrogen and oxygen atoms in total. The molecule has 0 amide bonds. The third-order valence-corrected chi connectivity index (χ3v) is 17.2. The molecule has 0 spiro atoms. The van der Waals surface area contributed by atoms with Crippen molar-refractivity contribution in [1.29, 1.82) is 0 Å². The lowest BCUT2D eigenvalue weighted by Gasteiger charge is -2.21. The summed E-state index contributed by atoms with van der Waals surface area (Å²) in [4.78, 5) is 72.8. The van der Waals surface area contributed by atoms with Crippen LogP contribution in [0.5, 0.6) is 0 Å². The summed E-state index contributed by atoms with van der Waals surface area (Å²) in [6.07, 6.45) is 81.3. The van der Waals surface area contributed by atoms with E-state index < -0.39 is 97.5 Å². The van der Waals surface area contributed by atoms with Crippen LogP contribution in [0.1, 0.15) is 285 Å². The number of aliphatic hydroxyl groups is 1. The summed E-state index contributed by atoms with van der Waals surface area (Å²) in [6, 6.07) is 0. The Bertz CT molecular complexity index is 2470. The van der Waals surface area contributed by atoms with Crippen LogP contribution >= 0.6 is 15.6 Å². The molecule has 3 N–H and O–H groups in total. The Kier molecular flexibility index (Phi) is 68.6. The smallest absolute Gasteiger partial charge is 0.462 e. The minimum absolute atomic E-state index is 0.0618. The molecule has 570 valence electrons. The lowest BCUT2D eigenvalue weighted by Crippen LogP contribution is -2.30. The molecule has 5 atom stereocenters. The topological polar surface area (TPSA) is 237 Å². The Morgan fingerprint density at radius 2 is 0.550 bits per heavy atom. The van der Waals surface area contributed by atoms with Crippen molar-refractivity contribution in [3.8, 4) is 0 Å². The molecule has 0 heterocycles. The molecule has 0 saturated heterocycles. The summed E-state index contributed by atoms with van der Waals surface area (Å²) >= 11 is 0. The zero-order valence-electron chi connectivity index (χ0n) is 62.1. The van der Waals surface area contributed by atoms with E-state index in [1.54, 1.807) is 0 Å². The summed E-state index contributed by atoms with van der Waals surface area (Å²) in [5.41, 5.74) is 0. The van der Waals surface area contributed by atoms with Crippen LogP contribution in [-0.2, 0) is 65.4 Å². The van der Waals surface area contributed by atoms with Gasteiger partial charge in [-0.05, 0) is 154 Å². The van der Waals surface area contributed by atoms with Crippen molar-refractivity contribution >= 4 is 39.5 Å².